The average Bonchev–Trinajstić information content (AvgIpc) is 1.83. The third-order valence-electron chi connectivity index (χ3n) is 1.43. The molecule has 0 aromatic heterocycles. The van der Waals surface area contributed by atoms with Crippen molar-refractivity contribution >= 4 is 7.60 Å². The molecular weight excluding hydrogens is 177 g/mol. The summed E-state index contributed by atoms with van der Waals surface area (Å²) < 4.78 is 10.4. The maximum atomic E-state index is 10.4. The van der Waals surface area contributed by atoms with Crippen LogP contribution in [0.25, 0.3) is 0 Å². The quantitative estimate of drug-likeness (QED) is 0.436. The second kappa shape index (κ2) is 5.70. The van der Waals surface area contributed by atoms with Gasteiger partial charge in [0.05, 0.1) is 0 Å². The molecule has 0 heterocycles. The van der Waals surface area contributed by atoms with Crippen LogP contribution in [0.15, 0.2) is 0 Å². The first kappa shape index (κ1) is 12.1. The van der Waals surface area contributed by atoms with Crippen molar-refractivity contribution in [3.63, 3.8) is 0 Å². The minimum Gasteiger partial charge on any atom is -0.324 e. The molecule has 0 saturated carbocycles. The van der Waals surface area contributed by atoms with Crippen molar-refractivity contribution in [2.75, 3.05) is 12.7 Å². The first-order chi connectivity index (χ1) is 5.42. The van der Waals surface area contributed by atoms with E-state index in [0.717, 1.165) is 13.0 Å². The Morgan fingerprint density at radius 3 is 2.33 bits per heavy atom. The molecule has 5 heteroatoms. The molecule has 0 aliphatic rings. The molecular formula is C7H18NO3P. The van der Waals surface area contributed by atoms with Crippen LogP contribution in [0.2, 0.25) is 0 Å². The van der Waals surface area contributed by atoms with Crippen LogP contribution in [0.5, 0.6) is 0 Å². The third kappa shape index (κ3) is 10.1. The van der Waals surface area contributed by atoms with Crippen molar-refractivity contribution in [3.8, 4) is 0 Å². The second-order valence-corrected chi connectivity index (χ2v) is 4.98. The van der Waals surface area contributed by atoms with E-state index < -0.39 is 7.60 Å². The van der Waals surface area contributed by atoms with Crippen LogP contribution in [-0.2, 0) is 4.57 Å². The average molecular weight is 195 g/mol. The van der Waals surface area contributed by atoms with Gasteiger partial charge >= 0.3 is 7.60 Å². The van der Waals surface area contributed by atoms with Crippen LogP contribution in [0, 0.1) is 0 Å². The SMILES string of the molecule is CC(C)NCCCCP(=O)(O)O. The second-order valence-electron chi connectivity index (χ2n) is 3.20. The van der Waals surface area contributed by atoms with Crippen molar-refractivity contribution in [2.24, 2.45) is 0 Å². The summed E-state index contributed by atoms with van der Waals surface area (Å²) in [4.78, 5) is 17.0. The largest absolute Gasteiger partial charge is 0.325 e. The molecule has 0 aromatic carbocycles. The van der Waals surface area contributed by atoms with Crippen molar-refractivity contribution in [2.45, 2.75) is 32.7 Å². The molecule has 0 radical (unpaired) electrons. The fourth-order valence-corrected chi connectivity index (χ4v) is 1.47. The Bertz CT molecular complexity index is 155. The minimum absolute atomic E-state index is 0.00672. The van der Waals surface area contributed by atoms with Crippen LogP contribution in [0.4, 0.5) is 0 Å². The molecule has 0 amide bonds. The highest BCUT2D eigenvalue weighted by Gasteiger charge is 2.10. The Morgan fingerprint density at radius 2 is 1.92 bits per heavy atom. The summed E-state index contributed by atoms with van der Waals surface area (Å²) in [5, 5.41) is 3.18. The van der Waals surface area contributed by atoms with Gasteiger partial charge in [-0.05, 0) is 19.4 Å². The van der Waals surface area contributed by atoms with E-state index in [1.807, 2.05) is 13.8 Å². The molecule has 0 aliphatic carbocycles. The molecule has 0 saturated heterocycles. The monoisotopic (exact) mass is 195 g/mol. The first-order valence-electron chi connectivity index (χ1n) is 4.20. The maximum absolute atomic E-state index is 10.4. The van der Waals surface area contributed by atoms with Gasteiger partial charge in [0.2, 0.25) is 0 Å². The normalized spacial score (nSPS) is 12.4. The zero-order valence-electron chi connectivity index (χ0n) is 7.66. The maximum Gasteiger partial charge on any atom is 0.325 e. The van der Waals surface area contributed by atoms with E-state index >= 15 is 0 Å². The van der Waals surface area contributed by atoms with Crippen LogP contribution < -0.4 is 5.32 Å². The summed E-state index contributed by atoms with van der Waals surface area (Å²) in [5.74, 6) is 0. The number of rotatable bonds is 6. The highest BCUT2D eigenvalue weighted by molar-refractivity contribution is 7.51. The van der Waals surface area contributed by atoms with Crippen LogP contribution in [0.1, 0.15) is 26.7 Å². The fraction of sp³-hybridized carbons (Fsp3) is 1.00. The van der Waals surface area contributed by atoms with Crippen molar-refractivity contribution in [3.05, 3.63) is 0 Å². The van der Waals surface area contributed by atoms with Gasteiger partial charge in [-0.1, -0.05) is 13.8 Å². The highest BCUT2D eigenvalue weighted by Crippen LogP contribution is 2.35. The van der Waals surface area contributed by atoms with Crippen LogP contribution in [-0.4, -0.2) is 28.5 Å². The molecule has 3 N–H and O–H groups in total. The Labute approximate surface area is 73.5 Å². The van der Waals surface area contributed by atoms with Gasteiger partial charge in [0.15, 0.2) is 0 Å². The van der Waals surface area contributed by atoms with Crippen LogP contribution >= 0.6 is 7.60 Å². The molecule has 0 bridgehead atoms. The van der Waals surface area contributed by atoms with E-state index in [-0.39, 0.29) is 6.16 Å². The molecule has 0 aliphatic heterocycles. The van der Waals surface area contributed by atoms with Gasteiger partial charge in [-0.3, -0.25) is 4.57 Å². The Kier molecular flexibility index (Phi) is 5.76. The van der Waals surface area contributed by atoms with Crippen LogP contribution in [0.3, 0.4) is 0 Å². The van der Waals surface area contributed by atoms with Gasteiger partial charge in [-0.2, -0.15) is 0 Å². The van der Waals surface area contributed by atoms with Gasteiger partial charge in [0.25, 0.3) is 0 Å². The van der Waals surface area contributed by atoms with E-state index in [1.54, 1.807) is 0 Å². The van der Waals surface area contributed by atoms with Gasteiger partial charge < -0.3 is 15.1 Å². The molecule has 4 nitrogen and oxygen atoms in total. The van der Waals surface area contributed by atoms with E-state index in [0.29, 0.717) is 12.5 Å². The van der Waals surface area contributed by atoms with Crippen molar-refractivity contribution in [1.82, 2.24) is 5.32 Å². The number of hydrogen-bond acceptors (Lipinski definition) is 2. The number of nitrogens with one attached hydrogen (secondary N) is 1. The number of unbranched alkanes of at least 4 members (excludes halogenated alkanes) is 1. The first-order valence-corrected chi connectivity index (χ1v) is 5.99. The zero-order chi connectivity index (χ0) is 9.61. The predicted octanol–water partition coefficient (Wildman–Crippen LogP) is 0.942. The Morgan fingerprint density at radius 1 is 1.33 bits per heavy atom. The predicted molar refractivity (Wildman–Crippen MR) is 49.3 cm³/mol. The van der Waals surface area contributed by atoms with E-state index in [2.05, 4.69) is 5.32 Å². The summed E-state index contributed by atoms with van der Waals surface area (Å²) in [6.45, 7) is 4.92. The Balaban J connectivity index is 3.17. The Hall–Kier alpha value is 0.110. The molecule has 0 aromatic rings. The standard InChI is InChI=1S/C7H18NO3P/c1-7(2)8-5-3-4-6-12(9,10)11/h7-8H,3-6H2,1-2H3,(H2,9,10,11). The number of hydrogen-bond donors (Lipinski definition) is 3. The molecule has 0 fully saturated rings. The molecule has 0 unspecified atom stereocenters. The van der Waals surface area contributed by atoms with E-state index in [1.165, 1.54) is 0 Å². The van der Waals surface area contributed by atoms with E-state index in [9.17, 15) is 4.57 Å². The smallest absolute Gasteiger partial charge is 0.324 e. The lowest BCUT2D eigenvalue weighted by molar-refractivity contribution is 0.370. The summed E-state index contributed by atoms with van der Waals surface area (Å²) in [6, 6.07) is 0.444. The summed E-state index contributed by atoms with van der Waals surface area (Å²) in [7, 11) is -3.76. The highest BCUT2D eigenvalue weighted by atomic mass is 31.2. The fourth-order valence-electron chi connectivity index (χ4n) is 0.834. The molecule has 0 atom stereocenters. The minimum atomic E-state index is -3.76. The summed E-state index contributed by atoms with van der Waals surface area (Å²) in [6.07, 6.45) is 1.42. The molecule has 74 valence electrons. The summed E-state index contributed by atoms with van der Waals surface area (Å²) in [5.41, 5.74) is 0. The molecule has 12 heavy (non-hydrogen) atoms. The lowest BCUT2D eigenvalue weighted by atomic mass is 10.3. The van der Waals surface area contributed by atoms with E-state index in [4.69, 9.17) is 9.79 Å². The summed E-state index contributed by atoms with van der Waals surface area (Å²) >= 11 is 0. The lowest BCUT2D eigenvalue weighted by Crippen LogP contribution is -2.23. The topological polar surface area (TPSA) is 69.6 Å². The van der Waals surface area contributed by atoms with Gasteiger partial charge in [-0.25, -0.2) is 0 Å². The third-order valence-corrected chi connectivity index (χ3v) is 2.33. The molecule has 0 rings (SSSR count). The van der Waals surface area contributed by atoms with Gasteiger partial charge in [-0.15, -0.1) is 0 Å². The zero-order valence-corrected chi connectivity index (χ0v) is 8.55. The van der Waals surface area contributed by atoms with Gasteiger partial charge in [0, 0.05) is 12.2 Å². The van der Waals surface area contributed by atoms with Gasteiger partial charge in [0.1, 0.15) is 0 Å². The lowest BCUT2D eigenvalue weighted by Gasteiger charge is -2.07. The molecule has 0 spiro atoms. The van der Waals surface area contributed by atoms with Crippen molar-refractivity contribution < 1.29 is 14.4 Å². The van der Waals surface area contributed by atoms with Crippen molar-refractivity contribution in [1.29, 1.82) is 0 Å².